The number of rotatable bonds is 6. The Morgan fingerprint density at radius 3 is 2.44 bits per heavy atom. The Kier molecular flexibility index (Phi) is 5.48. The van der Waals surface area contributed by atoms with E-state index in [1.807, 2.05) is 13.8 Å². The molecule has 0 atom stereocenters. The number of carbonyl (C=O) groups is 1. The maximum Gasteiger partial charge on any atom is 0.311 e. The lowest BCUT2D eigenvalue weighted by atomic mass is 9.90. The van der Waals surface area contributed by atoms with Gasteiger partial charge in [0, 0.05) is 5.02 Å². The zero-order chi connectivity index (χ0) is 13.6. The first-order valence-electron chi connectivity index (χ1n) is 6.01. The van der Waals surface area contributed by atoms with Crippen molar-refractivity contribution in [2.75, 3.05) is 13.2 Å². The molecule has 100 valence electrons. The fourth-order valence-electron chi connectivity index (χ4n) is 1.38. The van der Waals surface area contributed by atoms with Crippen molar-refractivity contribution in [3.8, 4) is 5.75 Å². The van der Waals surface area contributed by atoms with E-state index in [0.717, 1.165) is 5.75 Å². The number of halogens is 1. The molecule has 0 unspecified atom stereocenters. The second-order valence-electron chi connectivity index (χ2n) is 4.66. The minimum Gasteiger partial charge on any atom is -0.494 e. The van der Waals surface area contributed by atoms with Crippen LogP contribution in [0.3, 0.4) is 0 Å². The first kappa shape index (κ1) is 14.8. The van der Waals surface area contributed by atoms with Gasteiger partial charge in [-0.3, -0.25) is 4.79 Å². The summed E-state index contributed by atoms with van der Waals surface area (Å²) in [6.45, 7) is 6.39. The molecule has 0 fully saturated rings. The predicted molar refractivity (Wildman–Crippen MR) is 72.0 cm³/mol. The second-order valence-corrected chi connectivity index (χ2v) is 5.09. The van der Waals surface area contributed by atoms with E-state index in [1.165, 1.54) is 0 Å². The molecule has 0 spiro atoms. The largest absolute Gasteiger partial charge is 0.494 e. The van der Waals surface area contributed by atoms with E-state index in [-0.39, 0.29) is 5.97 Å². The Morgan fingerprint density at radius 1 is 1.28 bits per heavy atom. The molecule has 0 aliphatic heterocycles. The summed E-state index contributed by atoms with van der Waals surface area (Å²) in [5.41, 5.74) is -0.525. The van der Waals surface area contributed by atoms with Gasteiger partial charge in [-0.05, 0) is 51.5 Å². The molecule has 1 aromatic rings. The zero-order valence-electron chi connectivity index (χ0n) is 11.0. The van der Waals surface area contributed by atoms with Gasteiger partial charge in [-0.15, -0.1) is 0 Å². The topological polar surface area (TPSA) is 35.5 Å². The van der Waals surface area contributed by atoms with Crippen LogP contribution in [0.2, 0.25) is 5.02 Å². The SMILES string of the molecule is CCOC(=O)C(C)(C)CCOc1ccc(Cl)cc1. The zero-order valence-corrected chi connectivity index (χ0v) is 11.8. The van der Waals surface area contributed by atoms with Gasteiger partial charge in [-0.1, -0.05) is 11.6 Å². The summed E-state index contributed by atoms with van der Waals surface area (Å²) >= 11 is 5.78. The Bertz CT molecular complexity index is 385. The van der Waals surface area contributed by atoms with Crippen LogP contribution in [0.15, 0.2) is 24.3 Å². The molecular weight excluding hydrogens is 252 g/mol. The average Bonchev–Trinajstić information content (AvgIpc) is 2.32. The summed E-state index contributed by atoms with van der Waals surface area (Å²) in [4.78, 5) is 11.7. The van der Waals surface area contributed by atoms with Crippen LogP contribution < -0.4 is 4.74 Å². The van der Waals surface area contributed by atoms with Crippen LogP contribution in [0.4, 0.5) is 0 Å². The summed E-state index contributed by atoms with van der Waals surface area (Å²) in [7, 11) is 0. The van der Waals surface area contributed by atoms with Gasteiger partial charge < -0.3 is 9.47 Å². The number of hydrogen-bond acceptors (Lipinski definition) is 3. The standard InChI is InChI=1S/C14H19ClO3/c1-4-17-13(16)14(2,3)9-10-18-12-7-5-11(15)6-8-12/h5-8H,4,9-10H2,1-3H3. The molecule has 0 N–H and O–H groups in total. The molecule has 0 aliphatic rings. The smallest absolute Gasteiger partial charge is 0.311 e. The monoisotopic (exact) mass is 270 g/mol. The quantitative estimate of drug-likeness (QED) is 0.740. The van der Waals surface area contributed by atoms with E-state index in [0.29, 0.717) is 24.7 Å². The number of benzene rings is 1. The van der Waals surface area contributed by atoms with E-state index < -0.39 is 5.41 Å². The lowest BCUT2D eigenvalue weighted by molar-refractivity contribution is -0.154. The molecule has 1 aromatic carbocycles. The van der Waals surface area contributed by atoms with Crippen molar-refractivity contribution in [2.24, 2.45) is 5.41 Å². The molecule has 4 heteroatoms. The first-order valence-corrected chi connectivity index (χ1v) is 6.39. The molecule has 0 heterocycles. The third-order valence-corrected chi connectivity index (χ3v) is 2.89. The summed E-state index contributed by atoms with van der Waals surface area (Å²) in [6, 6.07) is 7.15. The van der Waals surface area contributed by atoms with Crippen LogP contribution in [-0.4, -0.2) is 19.2 Å². The van der Waals surface area contributed by atoms with Gasteiger partial charge in [0.05, 0.1) is 18.6 Å². The molecule has 1 rings (SSSR count). The number of hydrogen-bond donors (Lipinski definition) is 0. The summed E-state index contributed by atoms with van der Waals surface area (Å²) in [5.74, 6) is 0.559. The molecule has 18 heavy (non-hydrogen) atoms. The molecule has 3 nitrogen and oxygen atoms in total. The van der Waals surface area contributed by atoms with Crippen LogP contribution in [-0.2, 0) is 9.53 Å². The van der Waals surface area contributed by atoms with E-state index in [1.54, 1.807) is 31.2 Å². The first-order chi connectivity index (χ1) is 8.45. The van der Waals surface area contributed by atoms with Crippen molar-refractivity contribution in [3.63, 3.8) is 0 Å². The molecule has 0 radical (unpaired) electrons. The number of carbonyl (C=O) groups excluding carboxylic acids is 1. The molecule has 0 aliphatic carbocycles. The fourth-order valence-corrected chi connectivity index (χ4v) is 1.51. The van der Waals surface area contributed by atoms with E-state index in [9.17, 15) is 4.79 Å². The van der Waals surface area contributed by atoms with Gasteiger partial charge in [0.25, 0.3) is 0 Å². The highest BCUT2D eigenvalue weighted by Gasteiger charge is 2.28. The van der Waals surface area contributed by atoms with Crippen molar-refractivity contribution >= 4 is 17.6 Å². The fraction of sp³-hybridized carbons (Fsp3) is 0.500. The lowest BCUT2D eigenvalue weighted by Crippen LogP contribution is -2.28. The van der Waals surface area contributed by atoms with Crippen molar-refractivity contribution in [1.82, 2.24) is 0 Å². The van der Waals surface area contributed by atoms with E-state index in [4.69, 9.17) is 21.1 Å². The van der Waals surface area contributed by atoms with Crippen molar-refractivity contribution < 1.29 is 14.3 Å². The van der Waals surface area contributed by atoms with Gasteiger partial charge >= 0.3 is 5.97 Å². The normalized spacial score (nSPS) is 11.1. The summed E-state index contributed by atoms with van der Waals surface area (Å²) in [5, 5.41) is 0.675. The molecule has 0 amide bonds. The van der Waals surface area contributed by atoms with Gasteiger partial charge in [-0.2, -0.15) is 0 Å². The summed E-state index contributed by atoms with van der Waals surface area (Å²) in [6.07, 6.45) is 0.606. The Hall–Kier alpha value is -1.22. The minimum atomic E-state index is -0.525. The Balaban J connectivity index is 2.41. The molecule has 0 aromatic heterocycles. The minimum absolute atomic E-state index is 0.190. The highest BCUT2D eigenvalue weighted by molar-refractivity contribution is 6.30. The van der Waals surface area contributed by atoms with Crippen LogP contribution in [0.5, 0.6) is 5.75 Å². The van der Waals surface area contributed by atoms with Crippen molar-refractivity contribution in [1.29, 1.82) is 0 Å². The van der Waals surface area contributed by atoms with Crippen molar-refractivity contribution in [3.05, 3.63) is 29.3 Å². The highest BCUT2D eigenvalue weighted by Crippen LogP contribution is 2.23. The second kappa shape index (κ2) is 6.64. The molecule has 0 saturated carbocycles. The maximum atomic E-state index is 11.7. The Labute approximate surface area is 113 Å². The third kappa shape index (κ3) is 4.57. The average molecular weight is 271 g/mol. The van der Waals surface area contributed by atoms with Gasteiger partial charge in [-0.25, -0.2) is 0 Å². The lowest BCUT2D eigenvalue weighted by Gasteiger charge is -2.22. The van der Waals surface area contributed by atoms with Crippen LogP contribution >= 0.6 is 11.6 Å². The maximum absolute atomic E-state index is 11.7. The van der Waals surface area contributed by atoms with Gasteiger partial charge in [0.1, 0.15) is 5.75 Å². The van der Waals surface area contributed by atoms with Crippen LogP contribution in [0.1, 0.15) is 27.2 Å². The van der Waals surface area contributed by atoms with Crippen molar-refractivity contribution in [2.45, 2.75) is 27.2 Å². The van der Waals surface area contributed by atoms with E-state index in [2.05, 4.69) is 0 Å². The highest BCUT2D eigenvalue weighted by atomic mass is 35.5. The van der Waals surface area contributed by atoms with E-state index >= 15 is 0 Å². The molecule has 0 bridgehead atoms. The Morgan fingerprint density at radius 2 is 1.89 bits per heavy atom. The third-order valence-electron chi connectivity index (χ3n) is 2.64. The van der Waals surface area contributed by atoms with Gasteiger partial charge in [0.2, 0.25) is 0 Å². The number of esters is 1. The summed E-state index contributed by atoms with van der Waals surface area (Å²) < 4.78 is 10.6. The van der Waals surface area contributed by atoms with Gasteiger partial charge in [0.15, 0.2) is 0 Å². The molecule has 0 saturated heterocycles. The molecular formula is C14H19ClO3. The van der Waals surface area contributed by atoms with Crippen LogP contribution in [0.25, 0.3) is 0 Å². The number of ether oxygens (including phenoxy) is 2. The predicted octanol–water partition coefficient (Wildman–Crippen LogP) is 3.70. The van der Waals surface area contributed by atoms with Crippen LogP contribution in [0, 0.1) is 5.41 Å².